The standard InChI is InChI=1S/C13H18ClN3O/c1-3-11-10(6-9(2)16-17-11)12(18)15-8-13(7-14)4-5-13/h6H,3-5,7-8H2,1-2H3,(H,15,18). The van der Waals surface area contributed by atoms with E-state index < -0.39 is 0 Å². The van der Waals surface area contributed by atoms with Gasteiger partial charge in [0.25, 0.3) is 5.91 Å². The van der Waals surface area contributed by atoms with Crippen LogP contribution in [0.4, 0.5) is 0 Å². The average Bonchev–Trinajstić information content (AvgIpc) is 3.16. The molecule has 0 bridgehead atoms. The van der Waals surface area contributed by atoms with Crippen LogP contribution >= 0.6 is 11.6 Å². The van der Waals surface area contributed by atoms with Gasteiger partial charge in [0.05, 0.1) is 17.0 Å². The molecule has 1 aliphatic rings. The third-order valence-corrected chi connectivity index (χ3v) is 4.00. The summed E-state index contributed by atoms with van der Waals surface area (Å²) in [4.78, 5) is 12.1. The van der Waals surface area contributed by atoms with Crippen LogP contribution in [0.1, 0.15) is 41.5 Å². The fourth-order valence-electron chi connectivity index (χ4n) is 1.87. The summed E-state index contributed by atoms with van der Waals surface area (Å²) in [5, 5.41) is 11.0. The molecule has 1 fully saturated rings. The van der Waals surface area contributed by atoms with E-state index in [4.69, 9.17) is 11.6 Å². The van der Waals surface area contributed by atoms with Crippen molar-refractivity contribution in [3.8, 4) is 0 Å². The van der Waals surface area contributed by atoms with Crippen LogP contribution in [-0.2, 0) is 6.42 Å². The zero-order valence-electron chi connectivity index (χ0n) is 10.8. The van der Waals surface area contributed by atoms with Gasteiger partial charge >= 0.3 is 0 Å². The lowest BCUT2D eigenvalue weighted by Crippen LogP contribution is -2.32. The molecule has 1 aromatic rings. The lowest BCUT2D eigenvalue weighted by Gasteiger charge is -2.13. The summed E-state index contributed by atoms with van der Waals surface area (Å²) in [6.45, 7) is 4.46. The predicted molar refractivity (Wildman–Crippen MR) is 70.9 cm³/mol. The fraction of sp³-hybridized carbons (Fsp3) is 0.615. The Labute approximate surface area is 112 Å². The number of nitrogens with one attached hydrogen (secondary N) is 1. The van der Waals surface area contributed by atoms with E-state index in [0.29, 0.717) is 24.4 Å². The molecule has 1 aliphatic carbocycles. The topological polar surface area (TPSA) is 54.9 Å². The molecule has 4 nitrogen and oxygen atoms in total. The summed E-state index contributed by atoms with van der Waals surface area (Å²) in [5.41, 5.74) is 2.28. The molecule has 1 saturated carbocycles. The van der Waals surface area contributed by atoms with Crippen LogP contribution in [-0.4, -0.2) is 28.5 Å². The molecule has 1 N–H and O–H groups in total. The number of halogens is 1. The number of hydrogen-bond acceptors (Lipinski definition) is 3. The van der Waals surface area contributed by atoms with E-state index in [1.807, 2.05) is 13.8 Å². The Morgan fingerprint density at radius 3 is 2.78 bits per heavy atom. The molecule has 98 valence electrons. The minimum absolute atomic E-state index is 0.0683. The molecular formula is C13H18ClN3O. The lowest BCUT2D eigenvalue weighted by atomic mass is 10.1. The molecule has 2 rings (SSSR count). The molecule has 0 aromatic carbocycles. The zero-order chi connectivity index (χ0) is 13.2. The van der Waals surface area contributed by atoms with E-state index in [9.17, 15) is 4.79 Å². The summed E-state index contributed by atoms with van der Waals surface area (Å²) < 4.78 is 0. The molecular weight excluding hydrogens is 250 g/mol. The van der Waals surface area contributed by atoms with Gasteiger partial charge in [0.15, 0.2) is 0 Å². The van der Waals surface area contributed by atoms with Crippen molar-refractivity contribution in [2.45, 2.75) is 33.1 Å². The molecule has 0 saturated heterocycles. The smallest absolute Gasteiger partial charge is 0.253 e. The van der Waals surface area contributed by atoms with Crippen LogP contribution in [0.25, 0.3) is 0 Å². The van der Waals surface area contributed by atoms with Crippen LogP contribution in [0.5, 0.6) is 0 Å². The number of nitrogens with zero attached hydrogens (tertiary/aromatic N) is 2. The average molecular weight is 268 g/mol. The van der Waals surface area contributed by atoms with Crippen LogP contribution in [0.3, 0.4) is 0 Å². The van der Waals surface area contributed by atoms with Crippen LogP contribution in [0, 0.1) is 12.3 Å². The van der Waals surface area contributed by atoms with Crippen molar-refractivity contribution in [1.29, 1.82) is 0 Å². The van der Waals surface area contributed by atoms with Gasteiger partial charge in [0.1, 0.15) is 0 Å². The van der Waals surface area contributed by atoms with Gasteiger partial charge in [0.2, 0.25) is 0 Å². The van der Waals surface area contributed by atoms with Gasteiger partial charge in [-0.1, -0.05) is 6.92 Å². The third kappa shape index (κ3) is 2.80. The van der Waals surface area contributed by atoms with E-state index in [-0.39, 0.29) is 11.3 Å². The normalized spacial score (nSPS) is 16.4. The number of hydrogen-bond donors (Lipinski definition) is 1. The van der Waals surface area contributed by atoms with Crippen LogP contribution in [0.2, 0.25) is 0 Å². The molecule has 0 radical (unpaired) electrons. The second-order valence-electron chi connectivity index (χ2n) is 5.02. The Morgan fingerprint density at radius 2 is 2.22 bits per heavy atom. The summed E-state index contributed by atoms with van der Waals surface area (Å²) >= 11 is 5.90. The Kier molecular flexibility index (Phi) is 3.85. The van der Waals surface area contributed by atoms with Gasteiger partial charge < -0.3 is 5.32 Å². The quantitative estimate of drug-likeness (QED) is 0.831. The molecule has 18 heavy (non-hydrogen) atoms. The first-order valence-corrected chi connectivity index (χ1v) is 6.81. The number of carbonyl (C=O) groups excluding carboxylic acids is 1. The second-order valence-corrected chi connectivity index (χ2v) is 5.28. The van der Waals surface area contributed by atoms with Crippen molar-refractivity contribution < 1.29 is 4.79 Å². The van der Waals surface area contributed by atoms with Crippen LogP contribution in [0.15, 0.2) is 6.07 Å². The molecule has 1 heterocycles. The van der Waals surface area contributed by atoms with Gasteiger partial charge in [-0.25, -0.2) is 0 Å². The van der Waals surface area contributed by atoms with Crippen molar-refractivity contribution >= 4 is 17.5 Å². The lowest BCUT2D eigenvalue weighted by molar-refractivity contribution is 0.0944. The Bertz CT molecular complexity index is 458. The first kappa shape index (κ1) is 13.3. The highest BCUT2D eigenvalue weighted by Gasteiger charge is 2.41. The van der Waals surface area contributed by atoms with E-state index in [1.165, 1.54) is 0 Å². The molecule has 0 spiro atoms. The molecule has 1 amide bonds. The highest BCUT2D eigenvalue weighted by Crippen LogP contribution is 2.45. The van der Waals surface area contributed by atoms with Crippen molar-refractivity contribution in [2.75, 3.05) is 12.4 Å². The summed E-state index contributed by atoms with van der Waals surface area (Å²) in [6.07, 6.45) is 2.91. The number of carbonyl (C=O) groups is 1. The van der Waals surface area contributed by atoms with Gasteiger partial charge in [-0.2, -0.15) is 10.2 Å². The van der Waals surface area contributed by atoms with Gasteiger partial charge in [-0.05, 0) is 32.3 Å². The van der Waals surface area contributed by atoms with E-state index in [2.05, 4.69) is 15.5 Å². The highest BCUT2D eigenvalue weighted by atomic mass is 35.5. The third-order valence-electron chi connectivity index (χ3n) is 3.44. The van der Waals surface area contributed by atoms with Gasteiger partial charge in [0, 0.05) is 17.8 Å². The van der Waals surface area contributed by atoms with Gasteiger partial charge in [-0.15, -0.1) is 11.6 Å². The predicted octanol–water partition coefficient (Wildman–Crippen LogP) is 2.10. The monoisotopic (exact) mass is 267 g/mol. The van der Waals surface area contributed by atoms with E-state index in [0.717, 1.165) is 24.2 Å². The Morgan fingerprint density at radius 1 is 1.50 bits per heavy atom. The Balaban J connectivity index is 2.06. The second kappa shape index (κ2) is 5.22. The SMILES string of the molecule is CCc1nnc(C)cc1C(=O)NCC1(CCl)CC1. The number of amides is 1. The molecule has 0 atom stereocenters. The highest BCUT2D eigenvalue weighted by molar-refractivity contribution is 6.18. The molecule has 1 aromatic heterocycles. The maximum Gasteiger partial charge on any atom is 0.253 e. The summed E-state index contributed by atoms with van der Waals surface area (Å²) in [5.74, 6) is 0.544. The van der Waals surface area contributed by atoms with E-state index in [1.54, 1.807) is 6.07 Å². The molecule has 0 unspecified atom stereocenters. The van der Waals surface area contributed by atoms with Crippen molar-refractivity contribution in [2.24, 2.45) is 5.41 Å². The number of rotatable bonds is 5. The Hall–Kier alpha value is -1.16. The number of aromatic nitrogens is 2. The zero-order valence-corrected chi connectivity index (χ0v) is 11.5. The molecule has 5 heteroatoms. The fourth-order valence-corrected chi connectivity index (χ4v) is 2.23. The van der Waals surface area contributed by atoms with Crippen molar-refractivity contribution in [1.82, 2.24) is 15.5 Å². The number of aryl methyl sites for hydroxylation is 2. The summed E-state index contributed by atoms with van der Waals surface area (Å²) in [6, 6.07) is 1.79. The van der Waals surface area contributed by atoms with Crippen molar-refractivity contribution in [3.05, 3.63) is 23.0 Å². The van der Waals surface area contributed by atoms with Crippen LogP contribution < -0.4 is 5.32 Å². The van der Waals surface area contributed by atoms with Crippen molar-refractivity contribution in [3.63, 3.8) is 0 Å². The minimum Gasteiger partial charge on any atom is -0.351 e. The summed E-state index contributed by atoms with van der Waals surface area (Å²) in [7, 11) is 0. The largest absolute Gasteiger partial charge is 0.351 e. The maximum atomic E-state index is 12.1. The minimum atomic E-state index is -0.0683. The van der Waals surface area contributed by atoms with E-state index >= 15 is 0 Å². The first-order chi connectivity index (χ1) is 8.60. The van der Waals surface area contributed by atoms with Gasteiger partial charge in [-0.3, -0.25) is 4.79 Å². The first-order valence-electron chi connectivity index (χ1n) is 6.27. The number of alkyl halides is 1. The maximum absolute atomic E-state index is 12.1. The molecule has 0 aliphatic heterocycles.